The van der Waals surface area contributed by atoms with E-state index in [1.54, 1.807) is 31.2 Å². The van der Waals surface area contributed by atoms with Gasteiger partial charge in [-0.15, -0.1) is 10.2 Å². The quantitative estimate of drug-likeness (QED) is 0.285. The number of hydrogen-bond acceptors (Lipinski definition) is 7. The fraction of sp³-hybridized carbons (Fsp3) is 0.250. The molecule has 1 N–H and O–H groups in total. The SMILES string of the molecule is C/C(=N\OCCCO)c1ccc2nnc(Cc3c(F)cc4ncccc4c3F)n2n1. The van der Waals surface area contributed by atoms with Crippen molar-refractivity contribution >= 4 is 22.3 Å². The molecule has 154 valence electrons. The summed E-state index contributed by atoms with van der Waals surface area (Å²) in [6.07, 6.45) is 1.82. The number of nitrogens with zero attached hydrogens (tertiary/aromatic N) is 6. The normalized spacial score (nSPS) is 12.1. The number of fused-ring (bicyclic) bond motifs is 2. The average molecular weight is 412 g/mol. The van der Waals surface area contributed by atoms with Crippen LogP contribution in [0.25, 0.3) is 16.6 Å². The van der Waals surface area contributed by atoms with Crippen LogP contribution in [0.4, 0.5) is 8.78 Å². The van der Waals surface area contributed by atoms with Crippen LogP contribution in [0.2, 0.25) is 0 Å². The molecular formula is C20H18F2N6O2. The third kappa shape index (κ3) is 3.81. The van der Waals surface area contributed by atoms with Gasteiger partial charge in [0.1, 0.15) is 29.6 Å². The lowest BCUT2D eigenvalue weighted by molar-refractivity contribution is 0.124. The van der Waals surface area contributed by atoms with E-state index in [1.807, 2.05) is 0 Å². The molecule has 0 aliphatic carbocycles. The molecule has 0 bridgehead atoms. The maximum Gasteiger partial charge on any atom is 0.177 e. The maximum atomic E-state index is 14.9. The van der Waals surface area contributed by atoms with Gasteiger partial charge in [0.15, 0.2) is 11.5 Å². The van der Waals surface area contributed by atoms with Crippen LogP contribution in [-0.4, -0.2) is 48.8 Å². The molecule has 0 aliphatic heterocycles. The molecule has 30 heavy (non-hydrogen) atoms. The van der Waals surface area contributed by atoms with E-state index in [0.717, 1.165) is 0 Å². The number of aliphatic hydroxyl groups is 1. The Hall–Kier alpha value is -3.53. The van der Waals surface area contributed by atoms with Crippen LogP contribution >= 0.6 is 0 Å². The molecule has 0 atom stereocenters. The van der Waals surface area contributed by atoms with E-state index in [9.17, 15) is 8.78 Å². The molecule has 3 heterocycles. The second-order valence-electron chi connectivity index (χ2n) is 6.59. The molecule has 4 aromatic rings. The van der Waals surface area contributed by atoms with E-state index in [0.29, 0.717) is 23.5 Å². The van der Waals surface area contributed by atoms with Gasteiger partial charge in [0.25, 0.3) is 0 Å². The van der Waals surface area contributed by atoms with Gasteiger partial charge in [-0.05, 0) is 31.2 Å². The summed E-state index contributed by atoms with van der Waals surface area (Å²) in [5.41, 5.74) is 1.55. The summed E-state index contributed by atoms with van der Waals surface area (Å²) in [7, 11) is 0. The largest absolute Gasteiger partial charge is 0.396 e. The Morgan fingerprint density at radius 2 is 2.10 bits per heavy atom. The van der Waals surface area contributed by atoms with Gasteiger partial charge in [-0.1, -0.05) is 5.16 Å². The zero-order valence-corrected chi connectivity index (χ0v) is 16.1. The molecule has 0 amide bonds. The highest BCUT2D eigenvalue weighted by atomic mass is 19.1. The highest BCUT2D eigenvalue weighted by molar-refractivity contribution is 5.96. The predicted octanol–water partition coefficient (Wildman–Crippen LogP) is 2.66. The third-order valence-electron chi connectivity index (χ3n) is 4.52. The summed E-state index contributed by atoms with van der Waals surface area (Å²) in [4.78, 5) is 9.12. The van der Waals surface area contributed by atoms with Crippen molar-refractivity contribution in [1.82, 2.24) is 24.8 Å². The third-order valence-corrected chi connectivity index (χ3v) is 4.52. The Morgan fingerprint density at radius 3 is 2.93 bits per heavy atom. The summed E-state index contributed by atoms with van der Waals surface area (Å²) in [5.74, 6) is -1.11. The van der Waals surface area contributed by atoms with E-state index in [-0.39, 0.29) is 41.9 Å². The number of hydrogen-bond donors (Lipinski definition) is 1. The fourth-order valence-corrected chi connectivity index (χ4v) is 2.97. The molecule has 1 aromatic carbocycles. The van der Waals surface area contributed by atoms with Crippen LogP contribution in [-0.2, 0) is 11.3 Å². The average Bonchev–Trinajstić information content (AvgIpc) is 3.16. The van der Waals surface area contributed by atoms with Crippen molar-refractivity contribution in [2.24, 2.45) is 5.16 Å². The number of pyridine rings is 1. The second kappa shape index (κ2) is 8.46. The van der Waals surface area contributed by atoms with Crippen LogP contribution in [0, 0.1) is 11.6 Å². The van der Waals surface area contributed by atoms with Crippen molar-refractivity contribution in [3.8, 4) is 0 Å². The lowest BCUT2D eigenvalue weighted by atomic mass is 10.1. The highest BCUT2D eigenvalue weighted by Crippen LogP contribution is 2.24. The lowest BCUT2D eigenvalue weighted by Crippen LogP contribution is -2.08. The number of halogens is 2. The number of aliphatic hydroxyl groups excluding tert-OH is 1. The Bertz CT molecular complexity index is 1240. The first kappa shape index (κ1) is 19.8. The molecule has 8 nitrogen and oxygen atoms in total. The van der Waals surface area contributed by atoms with Gasteiger partial charge >= 0.3 is 0 Å². The van der Waals surface area contributed by atoms with Crippen LogP contribution in [0.3, 0.4) is 0 Å². The van der Waals surface area contributed by atoms with E-state index in [1.165, 1.54) is 16.8 Å². The number of rotatable bonds is 7. The first-order valence-electron chi connectivity index (χ1n) is 9.29. The lowest BCUT2D eigenvalue weighted by Gasteiger charge is -2.07. The van der Waals surface area contributed by atoms with Crippen LogP contribution in [0.15, 0.2) is 41.7 Å². The summed E-state index contributed by atoms with van der Waals surface area (Å²) >= 11 is 0. The molecule has 0 spiro atoms. The molecule has 10 heteroatoms. The van der Waals surface area contributed by atoms with Crippen LogP contribution in [0.1, 0.15) is 30.4 Å². The Kier molecular flexibility index (Phi) is 5.57. The number of aromatic nitrogens is 5. The molecule has 0 radical (unpaired) electrons. The minimum atomic E-state index is -0.707. The maximum absolute atomic E-state index is 14.9. The van der Waals surface area contributed by atoms with E-state index in [2.05, 4.69) is 25.4 Å². The van der Waals surface area contributed by atoms with Crippen molar-refractivity contribution < 1.29 is 18.7 Å². The van der Waals surface area contributed by atoms with Gasteiger partial charge in [-0.3, -0.25) is 4.98 Å². The number of oxime groups is 1. The second-order valence-corrected chi connectivity index (χ2v) is 6.59. The summed E-state index contributed by atoms with van der Waals surface area (Å²) in [6.45, 7) is 2.01. The zero-order valence-electron chi connectivity index (χ0n) is 16.1. The molecule has 4 rings (SSSR count). The van der Waals surface area contributed by atoms with Crippen LogP contribution in [0.5, 0.6) is 0 Å². The summed E-state index contributed by atoms with van der Waals surface area (Å²) in [5, 5.41) is 25.5. The van der Waals surface area contributed by atoms with Crippen molar-refractivity contribution in [2.75, 3.05) is 13.2 Å². The number of benzene rings is 1. The van der Waals surface area contributed by atoms with Gasteiger partial charge in [-0.25, -0.2) is 8.78 Å². The molecule has 0 unspecified atom stereocenters. The Morgan fingerprint density at radius 1 is 1.23 bits per heavy atom. The van der Waals surface area contributed by atoms with Gasteiger partial charge in [-0.2, -0.15) is 9.61 Å². The van der Waals surface area contributed by atoms with Crippen molar-refractivity contribution in [3.63, 3.8) is 0 Å². The van der Waals surface area contributed by atoms with Crippen molar-refractivity contribution in [1.29, 1.82) is 0 Å². The molecule has 0 saturated carbocycles. The summed E-state index contributed by atoms with van der Waals surface area (Å²) in [6, 6.07) is 7.73. The van der Waals surface area contributed by atoms with E-state index < -0.39 is 11.6 Å². The fourth-order valence-electron chi connectivity index (χ4n) is 2.97. The molecular weight excluding hydrogens is 394 g/mol. The highest BCUT2D eigenvalue weighted by Gasteiger charge is 2.18. The monoisotopic (exact) mass is 412 g/mol. The predicted molar refractivity (Wildman–Crippen MR) is 105 cm³/mol. The first-order chi connectivity index (χ1) is 14.6. The Balaban J connectivity index is 1.68. The topological polar surface area (TPSA) is 97.8 Å². The summed E-state index contributed by atoms with van der Waals surface area (Å²) < 4.78 is 30.9. The standard InChI is InChI=1S/C20H18F2N6O2/c1-12(27-30-9-3-8-29)16-5-6-18-24-25-19(28(18)26-16)10-14-15(21)11-17-13(20(14)22)4-2-7-23-17/h2,4-7,11,29H,3,8-10H2,1H3/b27-12+. The zero-order chi connectivity index (χ0) is 21.1. The van der Waals surface area contributed by atoms with Crippen molar-refractivity contribution in [2.45, 2.75) is 19.8 Å². The van der Waals surface area contributed by atoms with Crippen LogP contribution < -0.4 is 0 Å². The molecule has 0 aliphatic rings. The van der Waals surface area contributed by atoms with Crippen molar-refractivity contribution in [3.05, 3.63) is 65.2 Å². The van der Waals surface area contributed by atoms with E-state index in [4.69, 9.17) is 9.94 Å². The molecule has 0 saturated heterocycles. The van der Waals surface area contributed by atoms with Gasteiger partial charge in [0.05, 0.1) is 5.52 Å². The Labute approximate surface area is 169 Å². The minimum Gasteiger partial charge on any atom is -0.396 e. The first-order valence-corrected chi connectivity index (χ1v) is 9.29. The van der Waals surface area contributed by atoms with Gasteiger partial charge < -0.3 is 9.94 Å². The minimum absolute atomic E-state index is 0.0147. The smallest absolute Gasteiger partial charge is 0.177 e. The van der Waals surface area contributed by atoms with Gasteiger partial charge in [0, 0.05) is 42.7 Å². The van der Waals surface area contributed by atoms with Gasteiger partial charge in [0.2, 0.25) is 0 Å². The molecule has 0 fully saturated rings. The van der Waals surface area contributed by atoms with E-state index >= 15 is 0 Å². The molecule has 3 aromatic heterocycles.